The molecule has 2 atom stereocenters. The van der Waals surface area contributed by atoms with Crippen LogP contribution in [-0.4, -0.2) is 41.4 Å². The van der Waals surface area contributed by atoms with Crippen LogP contribution in [0.3, 0.4) is 0 Å². The Balaban J connectivity index is 3.36. The lowest BCUT2D eigenvalue weighted by Gasteiger charge is -2.14. The Labute approximate surface area is 87.3 Å². The molecule has 0 aromatic heterocycles. The van der Waals surface area contributed by atoms with Crippen LogP contribution in [0.2, 0.25) is 0 Å². The van der Waals surface area contributed by atoms with E-state index in [1.807, 2.05) is 6.92 Å². The van der Waals surface area contributed by atoms with Gasteiger partial charge in [0.05, 0.1) is 12.7 Å². The third-order valence-electron chi connectivity index (χ3n) is 1.63. The Bertz CT molecular complexity index is 170. The van der Waals surface area contributed by atoms with Gasteiger partial charge in [0.2, 0.25) is 0 Å². The van der Waals surface area contributed by atoms with Gasteiger partial charge in [-0.3, -0.25) is 0 Å². The van der Waals surface area contributed by atoms with Gasteiger partial charge in [0, 0.05) is 18.5 Å². The molecule has 0 aliphatic heterocycles. The van der Waals surface area contributed by atoms with Gasteiger partial charge >= 0.3 is 0 Å². The monoisotopic (exact) mass is 226 g/mol. The summed E-state index contributed by atoms with van der Waals surface area (Å²) in [6.45, 7) is 2.28. The van der Waals surface area contributed by atoms with Crippen LogP contribution in [0.1, 0.15) is 13.3 Å². The minimum atomic E-state index is -0.819. The van der Waals surface area contributed by atoms with E-state index in [0.29, 0.717) is 13.0 Å². The fraction of sp³-hybridized carbons (Fsp3) is 1.00. The van der Waals surface area contributed by atoms with Crippen LogP contribution in [-0.2, 0) is 4.84 Å². The second kappa shape index (κ2) is 7.78. The van der Waals surface area contributed by atoms with E-state index < -0.39 is 11.2 Å². The average Bonchev–Trinajstić information content (AvgIpc) is 2.13. The average molecular weight is 227 g/mol. The first-order valence-corrected chi connectivity index (χ1v) is 4.84. The maximum Gasteiger partial charge on any atom is 0.294 e. The van der Waals surface area contributed by atoms with Crippen molar-refractivity contribution in [1.82, 2.24) is 5.32 Å². The summed E-state index contributed by atoms with van der Waals surface area (Å²) in [4.78, 5) is 13.9. The molecule has 0 aromatic rings. The van der Waals surface area contributed by atoms with Crippen LogP contribution >= 0.6 is 11.6 Å². The van der Waals surface area contributed by atoms with Crippen molar-refractivity contribution in [2.24, 2.45) is 0 Å². The Morgan fingerprint density at radius 2 is 2.36 bits per heavy atom. The number of aliphatic hydroxyl groups excluding tert-OH is 1. The minimum Gasteiger partial charge on any atom is -0.391 e. The number of hydrogen-bond donors (Lipinski definition) is 2. The number of halogens is 1. The topological polar surface area (TPSA) is 84.6 Å². The highest BCUT2D eigenvalue weighted by Gasteiger charge is 2.06. The molecule has 0 fully saturated rings. The van der Waals surface area contributed by atoms with Gasteiger partial charge in [-0.25, -0.2) is 0 Å². The van der Waals surface area contributed by atoms with Crippen molar-refractivity contribution in [3.05, 3.63) is 10.1 Å². The highest BCUT2D eigenvalue weighted by Crippen LogP contribution is 1.93. The van der Waals surface area contributed by atoms with Gasteiger partial charge in [-0.2, -0.15) is 0 Å². The minimum absolute atomic E-state index is 0.0489. The molecule has 7 heteroatoms. The summed E-state index contributed by atoms with van der Waals surface area (Å²) in [6.07, 6.45) is -0.0775. The van der Waals surface area contributed by atoms with Crippen molar-refractivity contribution in [2.45, 2.75) is 25.5 Å². The number of alkyl halides is 1. The van der Waals surface area contributed by atoms with Crippen molar-refractivity contribution >= 4 is 11.6 Å². The van der Waals surface area contributed by atoms with Crippen LogP contribution in [0.25, 0.3) is 0 Å². The molecule has 2 N–H and O–H groups in total. The summed E-state index contributed by atoms with van der Waals surface area (Å²) in [5.41, 5.74) is 0. The molecule has 0 aliphatic carbocycles. The zero-order valence-corrected chi connectivity index (χ0v) is 8.74. The molecule has 0 saturated carbocycles. The fourth-order valence-electron chi connectivity index (χ4n) is 0.798. The van der Waals surface area contributed by atoms with Crippen LogP contribution < -0.4 is 5.32 Å². The molecule has 0 heterocycles. The summed E-state index contributed by atoms with van der Waals surface area (Å²) in [5.74, 6) is 0.172. The molecule has 0 aliphatic rings. The van der Waals surface area contributed by atoms with Crippen molar-refractivity contribution in [3.8, 4) is 0 Å². The van der Waals surface area contributed by atoms with Crippen molar-refractivity contribution in [1.29, 1.82) is 0 Å². The van der Waals surface area contributed by atoms with E-state index in [4.69, 9.17) is 16.7 Å². The Morgan fingerprint density at radius 1 is 1.71 bits per heavy atom. The van der Waals surface area contributed by atoms with Gasteiger partial charge in [0.1, 0.15) is 0 Å². The zero-order chi connectivity index (χ0) is 11.0. The molecule has 0 rings (SSSR count). The normalized spacial score (nSPS) is 14.8. The van der Waals surface area contributed by atoms with Crippen LogP contribution in [0.4, 0.5) is 0 Å². The molecule has 0 aromatic carbocycles. The Morgan fingerprint density at radius 3 is 2.86 bits per heavy atom. The first-order valence-electron chi connectivity index (χ1n) is 4.31. The molecule has 0 bridgehead atoms. The van der Waals surface area contributed by atoms with E-state index in [1.54, 1.807) is 0 Å². The van der Waals surface area contributed by atoms with Crippen molar-refractivity contribution in [2.75, 3.05) is 19.0 Å². The lowest BCUT2D eigenvalue weighted by molar-refractivity contribution is -0.757. The lowest BCUT2D eigenvalue weighted by Crippen LogP contribution is -2.35. The summed E-state index contributed by atoms with van der Waals surface area (Å²) in [5, 5.41) is 21.0. The number of nitrogens with one attached hydrogen (secondary N) is 1. The van der Waals surface area contributed by atoms with Crippen molar-refractivity contribution in [3.63, 3.8) is 0 Å². The molecule has 0 spiro atoms. The summed E-state index contributed by atoms with van der Waals surface area (Å²) >= 11 is 5.38. The third kappa shape index (κ3) is 8.03. The van der Waals surface area contributed by atoms with Gasteiger partial charge in [-0.15, -0.1) is 21.7 Å². The predicted octanol–water partition coefficient (Wildman–Crippen LogP) is 0.163. The summed E-state index contributed by atoms with van der Waals surface area (Å²) in [7, 11) is 0. The van der Waals surface area contributed by atoms with Crippen LogP contribution in [0.5, 0.6) is 0 Å². The molecule has 0 saturated heterocycles. The molecular weight excluding hydrogens is 212 g/mol. The van der Waals surface area contributed by atoms with Gasteiger partial charge in [-0.05, 0) is 13.3 Å². The van der Waals surface area contributed by atoms with Crippen LogP contribution in [0.15, 0.2) is 0 Å². The second-order valence-corrected chi connectivity index (χ2v) is 3.27. The number of rotatable bonds is 8. The van der Waals surface area contributed by atoms with E-state index in [0.717, 1.165) is 0 Å². The number of aliphatic hydroxyl groups is 1. The van der Waals surface area contributed by atoms with E-state index >= 15 is 0 Å². The molecule has 0 amide bonds. The number of hydrogen-bond acceptors (Lipinski definition) is 5. The second-order valence-electron chi connectivity index (χ2n) is 2.96. The molecule has 84 valence electrons. The third-order valence-corrected chi connectivity index (χ3v) is 1.98. The maximum absolute atomic E-state index is 9.80. The van der Waals surface area contributed by atoms with Gasteiger partial charge in [0.25, 0.3) is 5.09 Å². The SMILES string of the molecule is CC(CCO[N+](=O)[O-])NCC(O)CCl. The number of nitrogens with zero attached hydrogens (tertiary/aromatic N) is 1. The summed E-state index contributed by atoms with van der Waals surface area (Å²) in [6, 6.07) is 0.0489. The maximum atomic E-state index is 9.80. The van der Waals surface area contributed by atoms with Gasteiger partial charge in [-0.1, -0.05) is 0 Å². The first-order chi connectivity index (χ1) is 6.56. The zero-order valence-electron chi connectivity index (χ0n) is 7.98. The molecule has 2 unspecified atom stereocenters. The van der Waals surface area contributed by atoms with Gasteiger partial charge in [0.15, 0.2) is 0 Å². The molecular formula is C7H15ClN2O4. The van der Waals surface area contributed by atoms with Crippen molar-refractivity contribution < 1.29 is 15.0 Å². The largest absolute Gasteiger partial charge is 0.391 e. The smallest absolute Gasteiger partial charge is 0.294 e. The summed E-state index contributed by atoms with van der Waals surface area (Å²) < 4.78 is 0. The molecule has 6 nitrogen and oxygen atoms in total. The predicted molar refractivity (Wildman–Crippen MR) is 51.8 cm³/mol. The lowest BCUT2D eigenvalue weighted by atomic mass is 10.2. The fourth-order valence-corrected chi connectivity index (χ4v) is 0.907. The Kier molecular flexibility index (Phi) is 7.45. The van der Waals surface area contributed by atoms with Crippen LogP contribution in [0, 0.1) is 10.1 Å². The highest BCUT2D eigenvalue weighted by atomic mass is 35.5. The molecule has 14 heavy (non-hydrogen) atoms. The first kappa shape index (κ1) is 13.4. The quantitative estimate of drug-likeness (QED) is 0.350. The van der Waals surface area contributed by atoms with Gasteiger partial charge < -0.3 is 15.3 Å². The van der Waals surface area contributed by atoms with E-state index in [2.05, 4.69) is 10.2 Å². The van der Waals surface area contributed by atoms with E-state index in [1.165, 1.54) is 0 Å². The Hall–Kier alpha value is -0.590. The standard InChI is InChI=1S/C7H15ClN2O4/c1-6(2-3-14-10(12)13)9-5-7(11)4-8/h6-7,9,11H,2-5H2,1H3. The van der Waals surface area contributed by atoms with E-state index in [9.17, 15) is 10.1 Å². The highest BCUT2D eigenvalue weighted by molar-refractivity contribution is 6.18. The molecule has 0 radical (unpaired) electrons. The van der Waals surface area contributed by atoms with E-state index in [-0.39, 0.29) is 18.5 Å².